The summed E-state index contributed by atoms with van der Waals surface area (Å²) in [5.41, 5.74) is 4.36. The third kappa shape index (κ3) is 3.08. The summed E-state index contributed by atoms with van der Waals surface area (Å²) in [6.45, 7) is 4.04. The van der Waals surface area contributed by atoms with Crippen LogP contribution >= 0.6 is 0 Å². The van der Waals surface area contributed by atoms with Crippen molar-refractivity contribution in [1.29, 1.82) is 5.26 Å². The largest absolute Gasteiger partial charge is 0.379 e. The minimum absolute atomic E-state index is 0.0550. The Morgan fingerprint density at radius 1 is 1.17 bits per heavy atom. The number of alkyl halides is 2. The summed E-state index contributed by atoms with van der Waals surface area (Å²) in [6.07, 6.45) is -2.68. The second kappa shape index (κ2) is 7.26. The molecular weight excluding hydrogens is 390 g/mol. The zero-order valence-electron chi connectivity index (χ0n) is 17.0. The number of aryl methyl sites for hydroxylation is 4. The highest BCUT2D eigenvalue weighted by Crippen LogP contribution is 2.28. The van der Waals surface area contributed by atoms with Gasteiger partial charge < -0.3 is 9.88 Å². The van der Waals surface area contributed by atoms with Crippen LogP contribution in [0.25, 0.3) is 17.0 Å². The third-order valence-electron chi connectivity index (χ3n) is 5.15. The first kappa shape index (κ1) is 19.6. The normalized spacial score (nSPS) is 11.4. The van der Waals surface area contributed by atoms with E-state index in [0.717, 1.165) is 16.1 Å². The van der Waals surface area contributed by atoms with Gasteiger partial charge in [-0.15, -0.1) is 5.10 Å². The van der Waals surface area contributed by atoms with Crippen LogP contribution in [0.15, 0.2) is 24.3 Å². The molecule has 30 heavy (non-hydrogen) atoms. The van der Waals surface area contributed by atoms with Gasteiger partial charge in [0.25, 0.3) is 6.43 Å². The Kier molecular flexibility index (Phi) is 4.73. The predicted octanol–water partition coefficient (Wildman–Crippen LogP) is 3.53. The number of hydrogen-bond acceptors (Lipinski definition) is 5. The second-order valence-electron chi connectivity index (χ2n) is 7.12. The molecule has 0 radical (unpaired) electrons. The van der Waals surface area contributed by atoms with Crippen molar-refractivity contribution in [2.45, 2.75) is 26.8 Å². The van der Waals surface area contributed by atoms with E-state index in [9.17, 15) is 14.0 Å². The number of rotatable bonds is 5. The van der Waals surface area contributed by atoms with E-state index in [0.29, 0.717) is 28.2 Å². The summed E-state index contributed by atoms with van der Waals surface area (Å²) in [5.74, 6) is 0.701. The van der Waals surface area contributed by atoms with Crippen LogP contribution in [-0.4, -0.2) is 29.1 Å². The molecule has 1 aromatic carbocycles. The van der Waals surface area contributed by atoms with Gasteiger partial charge >= 0.3 is 0 Å². The molecule has 1 N–H and O–H groups in total. The Morgan fingerprint density at radius 2 is 1.87 bits per heavy atom. The number of hydrogen-bond donors (Lipinski definition) is 1. The molecule has 0 saturated heterocycles. The first-order chi connectivity index (χ1) is 14.3. The lowest BCUT2D eigenvalue weighted by Gasteiger charge is -2.09. The Bertz CT molecular complexity index is 1270. The van der Waals surface area contributed by atoms with Crippen LogP contribution in [0.1, 0.15) is 34.8 Å². The summed E-state index contributed by atoms with van der Waals surface area (Å²) >= 11 is 0. The number of imidazole rings is 1. The number of nitrogens with one attached hydrogen (secondary N) is 1. The van der Waals surface area contributed by atoms with Crippen LogP contribution < -0.4 is 5.32 Å². The van der Waals surface area contributed by atoms with Crippen LogP contribution in [0.2, 0.25) is 0 Å². The van der Waals surface area contributed by atoms with Gasteiger partial charge in [0.2, 0.25) is 5.95 Å². The molecule has 0 unspecified atom stereocenters. The predicted molar refractivity (Wildman–Crippen MR) is 108 cm³/mol. The van der Waals surface area contributed by atoms with Crippen molar-refractivity contribution in [3.05, 3.63) is 52.6 Å². The van der Waals surface area contributed by atoms with Crippen LogP contribution in [0, 0.1) is 25.2 Å². The number of anilines is 1. The first-order valence-corrected chi connectivity index (χ1v) is 9.28. The summed E-state index contributed by atoms with van der Waals surface area (Å²) in [5, 5.41) is 20.2. The molecule has 0 aliphatic heterocycles. The molecule has 0 atom stereocenters. The molecule has 3 aromatic heterocycles. The highest BCUT2D eigenvalue weighted by molar-refractivity contribution is 5.87. The average Bonchev–Trinajstić information content (AvgIpc) is 3.35. The van der Waals surface area contributed by atoms with Gasteiger partial charge in [-0.05, 0) is 38.1 Å². The highest BCUT2D eigenvalue weighted by atomic mass is 19.3. The van der Waals surface area contributed by atoms with Crippen molar-refractivity contribution < 1.29 is 8.78 Å². The van der Waals surface area contributed by atoms with Gasteiger partial charge in [0.1, 0.15) is 17.5 Å². The maximum absolute atomic E-state index is 13.2. The topological polar surface area (TPSA) is 89.3 Å². The SMILES string of the molecule is Cc1ccc(C)n1-c1nc2cc(NCc3nnn(C)c3C(F)F)cc(C#N)c2n1C. The molecule has 0 aliphatic carbocycles. The molecule has 0 bridgehead atoms. The van der Waals surface area contributed by atoms with Gasteiger partial charge in [0.15, 0.2) is 0 Å². The van der Waals surface area contributed by atoms with Crippen molar-refractivity contribution in [1.82, 2.24) is 29.1 Å². The molecule has 4 rings (SSSR count). The lowest BCUT2D eigenvalue weighted by atomic mass is 10.1. The maximum Gasteiger partial charge on any atom is 0.281 e. The first-order valence-electron chi connectivity index (χ1n) is 9.28. The molecule has 4 aromatic rings. The molecule has 0 spiro atoms. The van der Waals surface area contributed by atoms with Crippen LogP contribution in [-0.2, 0) is 20.6 Å². The average molecular weight is 410 g/mol. The summed E-state index contributed by atoms with van der Waals surface area (Å²) < 4.78 is 31.4. The number of nitriles is 1. The molecule has 0 aliphatic rings. The van der Waals surface area contributed by atoms with Crippen molar-refractivity contribution in [2.75, 3.05) is 5.32 Å². The van der Waals surface area contributed by atoms with Gasteiger partial charge in [0.05, 0.1) is 23.1 Å². The van der Waals surface area contributed by atoms with Crippen molar-refractivity contribution in [3.8, 4) is 12.0 Å². The van der Waals surface area contributed by atoms with E-state index in [1.165, 1.54) is 7.05 Å². The fourth-order valence-corrected chi connectivity index (χ4v) is 3.70. The fourth-order valence-electron chi connectivity index (χ4n) is 3.70. The van der Waals surface area contributed by atoms with E-state index in [4.69, 9.17) is 4.98 Å². The zero-order valence-corrected chi connectivity index (χ0v) is 17.0. The minimum Gasteiger partial charge on any atom is -0.379 e. The minimum atomic E-state index is -2.68. The van der Waals surface area contributed by atoms with Gasteiger partial charge in [-0.2, -0.15) is 5.26 Å². The summed E-state index contributed by atoms with van der Waals surface area (Å²) in [4.78, 5) is 4.73. The van der Waals surface area contributed by atoms with Gasteiger partial charge in [-0.3, -0.25) is 4.57 Å². The van der Waals surface area contributed by atoms with Crippen LogP contribution in [0.3, 0.4) is 0 Å². The summed E-state index contributed by atoms with van der Waals surface area (Å²) in [6, 6.07) is 9.71. The van der Waals surface area contributed by atoms with E-state index < -0.39 is 6.43 Å². The Morgan fingerprint density at radius 3 is 2.50 bits per heavy atom. The highest BCUT2D eigenvalue weighted by Gasteiger charge is 2.20. The third-order valence-corrected chi connectivity index (χ3v) is 5.15. The standard InChI is InChI=1S/C20H20F2N8/c1-11-5-6-12(2)30(11)20-25-15-8-14(7-13(9-23)17(15)28(20)3)24-10-16-18(19(21)22)29(4)27-26-16/h5-8,19,24H,10H2,1-4H3. The van der Waals surface area contributed by atoms with Crippen molar-refractivity contribution in [3.63, 3.8) is 0 Å². The van der Waals surface area contributed by atoms with Crippen molar-refractivity contribution >= 4 is 16.7 Å². The molecule has 0 fully saturated rings. The van der Waals surface area contributed by atoms with Gasteiger partial charge in [0, 0.05) is 31.2 Å². The van der Waals surface area contributed by atoms with Gasteiger partial charge in [-0.1, -0.05) is 5.21 Å². The molecule has 10 heteroatoms. The molecule has 8 nitrogen and oxygen atoms in total. The molecular formula is C20H20F2N8. The number of halogens is 2. The molecule has 154 valence electrons. The van der Waals surface area contributed by atoms with Gasteiger partial charge in [-0.25, -0.2) is 18.4 Å². The monoisotopic (exact) mass is 410 g/mol. The summed E-state index contributed by atoms with van der Waals surface area (Å²) in [7, 11) is 3.30. The molecule has 3 heterocycles. The molecule has 0 saturated carbocycles. The lowest BCUT2D eigenvalue weighted by Crippen LogP contribution is -2.06. The fraction of sp³-hybridized carbons (Fsp3) is 0.300. The maximum atomic E-state index is 13.2. The van der Waals surface area contributed by atoms with Crippen molar-refractivity contribution in [2.24, 2.45) is 14.1 Å². The van der Waals surface area contributed by atoms with E-state index in [-0.39, 0.29) is 17.9 Å². The number of fused-ring (bicyclic) bond motifs is 1. The zero-order chi connectivity index (χ0) is 21.6. The number of nitrogens with zero attached hydrogens (tertiary/aromatic N) is 7. The van der Waals surface area contributed by atoms with Crippen LogP contribution in [0.5, 0.6) is 0 Å². The van der Waals surface area contributed by atoms with Crippen LogP contribution in [0.4, 0.5) is 14.5 Å². The van der Waals surface area contributed by atoms with E-state index in [1.807, 2.05) is 42.2 Å². The number of aromatic nitrogens is 6. The lowest BCUT2D eigenvalue weighted by molar-refractivity contribution is 0.139. The Balaban J connectivity index is 1.74. The quantitative estimate of drug-likeness (QED) is 0.544. The Labute approximate surface area is 171 Å². The smallest absolute Gasteiger partial charge is 0.281 e. The Hall–Kier alpha value is -3.74. The van der Waals surface area contributed by atoms with E-state index >= 15 is 0 Å². The molecule has 0 amide bonds. The second-order valence-corrected chi connectivity index (χ2v) is 7.12. The van der Waals surface area contributed by atoms with E-state index in [2.05, 4.69) is 21.7 Å². The number of benzene rings is 1. The van der Waals surface area contributed by atoms with E-state index in [1.54, 1.807) is 12.1 Å².